The van der Waals surface area contributed by atoms with Crippen molar-refractivity contribution in [3.8, 4) is 0 Å². The fraction of sp³-hybridized carbons (Fsp3) is 0.455. The first kappa shape index (κ1) is 14.1. The van der Waals surface area contributed by atoms with E-state index in [0.29, 0.717) is 16.6 Å². The lowest BCUT2D eigenvalue weighted by molar-refractivity contribution is 0.428. The van der Waals surface area contributed by atoms with Crippen LogP contribution in [0.5, 0.6) is 0 Å². The summed E-state index contributed by atoms with van der Waals surface area (Å²) in [6.07, 6.45) is 1.80. The number of benzene rings is 1. The molecule has 2 N–H and O–H groups in total. The summed E-state index contributed by atoms with van der Waals surface area (Å²) in [6.45, 7) is 1.58. The molecule has 1 heterocycles. The molecule has 1 fully saturated rings. The highest BCUT2D eigenvalue weighted by molar-refractivity contribution is 7.89. The van der Waals surface area contributed by atoms with E-state index in [-0.39, 0.29) is 10.9 Å². The minimum Gasteiger partial charge on any atom is -0.315 e. The molecule has 1 aromatic carbocycles. The van der Waals surface area contributed by atoms with E-state index in [2.05, 4.69) is 10.0 Å². The number of rotatable bonds is 3. The van der Waals surface area contributed by atoms with Crippen molar-refractivity contribution in [3.63, 3.8) is 0 Å². The lowest BCUT2D eigenvalue weighted by atomic mass is 10.1. The van der Waals surface area contributed by atoms with Crippen LogP contribution in [0, 0.1) is 0 Å². The number of sulfonamides is 1. The predicted molar refractivity (Wildman–Crippen MR) is 72.7 cm³/mol. The summed E-state index contributed by atoms with van der Waals surface area (Å²) in [5.41, 5.74) is 0. The van der Waals surface area contributed by atoms with E-state index < -0.39 is 10.0 Å². The Kier molecular flexibility index (Phi) is 4.50. The zero-order chi connectivity index (χ0) is 13.2. The molecule has 0 saturated carbocycles. The molecular weight excluding hydrogens is 295 g/mol. The second-order valence-corrected chi connectivity index (χ2v) is 6.86. The van der Waals surface area contributed by atoms with Crippen molar-refractivity contribution in [2.45, 2.75) is 23.8 Å². The highest BCUT2D eigenvalue weighted by atomic mass is 35.5. The van der Waals surface area contributed by atoms with Gasteiger partial charge in [0.25, 0.3) is 0 Å². The highest BCUT2D eigenvalue weighted by Gasteiger charge is 2.22. The fourth-order valence-electron chi connectivity index (χ4n) is 1.92. The maximum absolute atomic E-state index is 12.1. The lowest BCUT2D eigenvalue weighted by Crippen LogP contribution is -2.45. The van der Waals surface area contributed by atoms with Gasteiger partial charge in [0.1, 0.15) is 0 Å². The number of piperidine rings is 1. The molecule has 100 valence electrons. The molecule has 1 aliphatic rings. The first-order valence-electron chi connectivity index (χ1n) is 5.66. The van der Waals surface area contributed by atoms with Crippen molar-refractivity contribution in [2.75, 3.05) is 13.1 Å². The number of hydrogen-bond donors (Lipinski definition) is 2. The third-order valence-corrected chi connectivity index (χ3v) is 4.70. The van der Waals surface area contributed by atoms with Gasteiger partial charge < -0.3 is 5.32 Å². The molecule has 0 unspecified atom stereocenters. The van der Waals surface area contributed by atoms with Crippen molar-refractivity contribution in [3.05, 3.63) is 28.2 Å². The summed E-state index contributed by atoms with van der Waals surface area (Å²) >= 11 is 11.6. The second kappa shape index (κ2) is 5.75. The number of halogens is 2. The van der Waals surface area contributed by atoms with Crippen molar-refractivity contribution in [1.29, 1.82) is 0 Å². The molecule has 0 amide bonds. The van der Waals surface area contributed by atoms with Crippen LogP contribution in [0.2, 0.25) is 10.0 Å². The Balaban J connectivity index is 2.19. The van der Waals surface area contributed by atoms with Crippen molar-refractivity contribution < 1.29 is 8.42 Å². The van der Waals surface area contributed by atoms with Crippen LogP contribution in [-0.2, 0) is 10.0 Å². The van der Waals surface area contributed by atoms with Crippen LogP contribution in [0.3, 0.4) is 0 Å². The van der Waals surface area contributed by atoms with E-state index in [9.17, 15) is 8.42 Å². The molecule has 0 radical (unpaired) electrons. The standard InChI is InChI=1S/C11H14Cl2N2O2S/c12-8-4-9(13)6-11(5-8)18(16,17)15-10-2-1-3-14-7-10/h4-6,10,14-15H,1-3,7H2/t10-/m0/s1. The molecule has 7 heteroatoms. The summed E-state index contributed by atoms with van der Waals surface area (Å²) in [5, 5.41) is 3.77. The molecule has 1 aliphatic heterocycles. The zero-order valence-corrected chi connectivity index (χ0v) is 11.9. The molecule has 4 nitrogen and oxygen atoms in total. The van der Waals surface area contributed by atoms with Crippen LogP contribution in [0.4, 0.5) is 0 Å². The van der Waals surface area contributed by atoms with Gasteiger partial charge in [0.05, 0.1) is 4.90 Å². The minimum atomic E-state index is -3.56. The van der Waals surface area contributed by atoms with Gasteiger partial charge in [0.2, 0.25) is 10.0 Å². The van der Waals surface area contributed by atoms with E-state index in [0.717, 1.165) is 19.4 Å². The second-order valence-electron chi connectivity index (χ2n) is 4.27. The predicted octanol–water partition coefficient (Wildman–Crippen LogP) is 2.02. The van der Waals surface area contributed by atoms with Gasteiger partial charge in [-0.25, -0.2) is 13.1 Å². The normalized spacial score (nSPS) is 20.9. The third kappa shape index (κ3) is 3.59. The first-order chi connectivity index (χ1) is 8.47. The fourth-order valence-corrected chi connectivity index (χ4v) is 3.92. The van der Waals surface area contributed by atoms with E-state index >= 15 is 0 Å². The summed E-state index contributed by atoms with van der Waals surface area (Å²) in [6, 6.07) is 4.21. The Morgan fingerprint density at radius 2 is 1.89 bits per heavy atom. The molecule has 1 aromatic rings. The Hall–Kier alpha value is -0.330. The van der Waals surface area contributed by atoms with Crippen molar-refractivity contribution >= 4 is 33.2 Å². The molecule has 0 spiro atoms. The van der Waals surface area contributed by atoms with Gasteiger partial charge in [-0.15, -0.1) is 0 Å². The molecule has 0 aliphatic carbocycles. The van der Waals surface area contributed by atoms with Gasteiger partial charge in [0.15, 0.2) is 0 Å². The van der Waals surface area contributed by atoms with E-state index in [1.54, 1.807) is 0 Å². The van der Waals surface area contributed by atoms with Gasteiger partial charge in [0, 0.05) is 22.6 Å². The number of nitrogens with one attached hydrogen (secondary N) is 2. The van der Waals surface area contributed by atoms with Crippen LogP contribution < -0.4 is 10.0 Å². The average Bonchev–Trinajstić information content (AvgIpc) is 2.28. The largest absolute Gasteiger partial charge is 0.315 e. The van der Waals surface area contributed by atoms with Crippen molar-refractivity contribution in [2.24, 2.45) is 0 Å². The summed E-state index contributed by atoms with van der Waals surface area (Å²) in [4.78, 5) is 0.102. The maximum atomic E-state index is 12.1. The molecule has 1 atom stereocenters. The van der Waals surface area contributed by atoms with Crippen LogP contribution in [0.25, 0.3) is 0 Å². The third-order valence-electron chi connectivity index (χ3n) is 2.77. The van der Waals surface area contributed by atoms with Crippen LogP contribution >= 0.6 is 23.2 Å². The summed E-state index contributed by atoms with van der Waals surface area (Å²) in [7, 11) is -3.56. The SMILES string of the molecule is O=S(=O)(N[C@H]1CCCNC1)c1cc(Cl)cc(Cl)c1. The van der Waals surface area contributed by atoms with E-state index in [1.165, 1.54) is 18.2 Å². The highest BCUT2D eigenvalue weighted by Crippen LogP contribution is 2.22. The molecular formula is C11H14Cl2N2O2S. The quantitative estimate of drug-likeness (QED) is 0.898. The summed E-state index contributed by atoms with van der Waals surface area (Å²) < 4.78 is 27.0. The van der Waals surface area contributed by atoms with Gasteiger partial charge in [-0.3, -0.25) is 0 Å². The van der Waals surface area contributed by atoms with Crippen LogP contribution in [-0.4, -0.2) is 27.5 Å². The Labute approximate surface area is 117 Å². The monoisotopic (exact) mass is 308 g/mol. The summed E-state index contributed by atoms with van der Waals surface area (Å²) in [5.74, 6) is 0. The molecule has 18 heavy (non-hydrogen) atoms. The van der Waals surface area contributed by atoms with E-state index in [1.807, 2.05) is 0 Å². The van der Waals surface area contributed by atoms with E-state index in [4.69, 9.17) is 23.2 Å². The van der Waals surface area contributed by atoms with Crippen LogP contribution in [0.15, 0.2) is 23.1 Å². The smallest absolute Gasteiger partial charge is 0.240 e. The average molecular weight is 309 g/mol. The number of hydrogen-bond acceptors (Lipinski definition) is 3. The van der Waals surface area contributed by atoms with Gasteiger partial charge in [-0.05, 0) is 37.6 Å². The Morgan fingerprint density at radius 3 is 2.44 bits per heavy atom. The molecule has 1 saturated heterocycles. The minimum absolute atomic E-state index is 0.0819. The molecule has 0 aromatic heterocycles. The molecule has 0 bridgehead atoms. The molecule has 2 rings (SSSR count). The Bertz CT molecular complexity index is 508. The first-order valence-corrected chi connectivity index (χ1v) is 7.90. The van der Waals surface area contributed by atoms with Gasteiger partial charge in [-0.2, -0.15) is 0 Å². The maximum Gasteiger partial charge on any atom is 0.240 e. The topological polar surface area (TPSA) is 58.2 Å². The Morgan fingerprint density at radius 1 is 1.22 bits per heavy atom. The lowest BCUT2D eigenvalue weighted by Gasteiger charge is -2.23. The van der Waals surface area contributed by atoms with Gasteiger partial charge in [-0.1, -0.05) is 23.2 Å². The van der Waals surface area contributed by atoms with Crippen molar-refractivity contribution in [1.82, 2.24) is 10.0 Å². The zero-order valence-electron chi connectivity index (χ0n) is 9.62. The van der Waals surface area contributed by atoms with Crippen LogP contribution in [0.1, 0.15) is 12.8 Å². The van der Waals surface area contributed by atoms with Gasteiger partial charge >= 0.3 is 0 Å².